The van der Waals surface area contributed by atoms with Crippen molar-refractivity contribution in [3.05, 3.63) is 42.1 Å². The molecule has 1 amide bonds. The van der Waals surface area contributed by atoms with Gasteiger partial charge in [-0.05, 0) is 37.3 Å². The highest BCUT2D eigenvalue weighted by molar-refractivity contribution is 5.94. The van der Waals surface area contributed by atoms with Gasteiger partial charge in [-0.25, -0.2) is 4.98 Å². The lowest BCUT2D eigenvalue weighted by molar-refractivity contribution is 0.0942. The van der Waals surface area contributed by atoms with Gasteiger partial charge < -0.3 is 11.1 Å². The van der Waals surface area contributed by atoms with Crippen LogP contribution in [0.4, 0.5) is 0 Å². The molecule has 2 aromatic rings. The number of benzene rings is 1. The largest absolute Gasteiger partial charge is 0.350 e. The Bertz CT molecular complexity index is 626. The number of hydrogen-bond donors (Lipinski definition) is 2. The van der Waals surface area contributed by atoms with E-state index in [0.717, 1.165) is 30.2 Å². The monoisotopic (exact) mass is 269 g/mol. The van der Waals surface area contributed by atoms with E-state index < -0.39 is 0 Å². The van der Waals surface area contributed by atoms with Crippen molar-refractivity contribution in [3.8, 4) is 0 Å². The summed E-state index contributed by atoms with van der Waals surface area (Å²) in [6.45, 7) is 0.695. The normalized spacial score (nSPS) is 22.1. The van der Waals surface area contributed by atoms with Crippen LogP contribution in [-0.4, -0.2) is 23.5 Å². The topological polar surface area (TPSA) is 68.0 Å². The van der Waals surface area contributed by atoms with Crippen molar-refractivity contribution in [1.29, 1.82) is 0 Å². The molecule has 2 unspecified atom stereocenters. The van der Waals surface area contributed by atoms with Crippen molar-refractivity contribution in [3.63, 3.8) is 0 Å². The molecule has 0 saturated heterocycles. The molecule has 1 aliphatic rings. The molecule has 0 bridgehead atoms. The first-order valence-corrected chi connectivity index (χ1v) is 7.12. The van der Waals surface area contributed by atoms with Crippen LogP contribution in [-0.2, 0) is 0 Å². The van der Waals surface area contributed by atoms with Gasteiger partial charge >= 0.3 is 0 Å². The van der Waals surface area contributed by atoms with E-state index in [1.54, 1.807) is 6.07 Å². The Balaban J connectivity index is 1.66. The van der Waals surface area contributed by atoms with Crippen molar-refractivity contribution in [1.82, 2.24) is 10.3 Å². The zero-order valence-corrected chi connectivity index (χ0v) is 11.4. The molecule has 4 heteroatoms. The molecular formula is C16H19N3O. The minimum Gasteiger partial charge on any atom is -0.350 e. The second-order valence-electron chi connectivity index (χ2n) is 5.54. The maximum absolute atomic E-state index is 12.1. The number of amides is 1. The van der Waals surface area contributed by atoms with Crippen molar-refractivity contribution >= 4 is 16.8 Å². The smallest absolute Gasteiger partial charge is 0.269 e. The van der Waals surface area contributed by atoms with E-state index in [0.29, 0.717) is 24.2 Å². The van der Waals surface area contributed by atoms with Gasteiger partial charge in [0.15, 0.2) is 0 Å². The quantitative estimate of drug-likeness (QED) is 0.896. The van der Waals surface area contributed by atoms with Crippen LogP contribution in [0, 0.1) is 5.92 Å². The third-order valence-electron chi connectivity index (χ3n) is 3.96. The highest BCUT2D eigenvalue weighted by atomic mass is 16.1. The van der Waals surface area contributed by atoms with Gasteiger partial charge in [-0.15, -0.1) is 0 Å². The van der Waals surface area contributed by atoms with E-state index in [-0.39, 0.29) is 5.91 Å². The molecule has 3 N–H and O–H groups in total. The molecule has 2 atom stereocenters. The number of carbonyl (C=O) groups is 1. The predicted molar refractivity (Wildman–Crippen MR) is 79.4 cm³/mol. The van der Waals surface area contributed by atoms with Crippen molar-refractivity contribution < 1.29 is 4.79 Å². The van der Waals surface area contributed by atoms with E-state index in [1.165, 1.54) is 0 Å². The summed E-state index contributed by atoms with van der Waals surface area (Å²) >= 11 is 0. The first-order chi connectivity index (χ1) is 9.72. The number of nitrogens with one attached hydrogen (secondary N) is 1. The molecule has 1 aliphatic carbocycles. The third-order valence-corrected chi connectivity index (χ3v) is 3.96. The summed E-state index contributed by atoms with van der Waals surface area (Å²) in [5, 5.41) is 4.02. The Morgan fingerprint density at radius 2 is 2.10 bits per heavy atom. The van der Waals surface area contributed by atoms with Crippen LogP contribution >= 0.6 is 0 Å². The fraction of sp³-hybridized carbons (Fsp3) is 0.375. The standard InChI is InChI=1S/C16H19N3O/c17-13-7-5-11(9-13)10-18-16(20)15-8-6-12-3-1-2-4-14(12)19-15/h1-4,6,8,11,13H,5,7,9-10,17H2,(H,18,20). The number of carbonyl (C=O) groups excluding carboxylic acids is 1. The van der Waals surface area contributed by atoms with Crippen molar-refractivity contribution in [2.75, 3.05) is 6.54 Å². The van der Waals surface area contributed by atoms with Gasteiger partial charge in [-0.3, -0.25) is 4.79 Å². The lowest BCUT2D eigenvalue weighted by Gasteiger charge is -2.11. The molecule has 104 valence electrons. The Kier molecular flexibility index (Phi) is 3.65. The van der Waals surface area contributed by atoms with E-state index in [2.05, 4.69) is 10.3 Å². The molecule has 3 rings (SSSR count). The van der Waals surface area contributed by atoms with E-state index in [4.69, 9.17) is 5.73 Å². The number of nitrogens with two attached hydrogens (primary N) is 1. The van der Waals surface area contributed by atoms with Crippen LogP contribution < -0.4 is 11.1 Å². The summed E-state index contributed by atoms with van der Waals surface area (Å²) in [4.78, 5) is 16.5. The number of pyridine rings is 1. The van der Waals surface area contributed by atoms with Crippen molar-refractivity contribution in [2.24, 2.45) is 11.7 Å². The maximum Gasteiger partial charge on any atom is 0.269 e. The van der Waals surface area contributed by atoms with Gasteiger partial charge in [-0.1, -0.05) is 24.3 Å². The summed E-state index contributed by atoms with van der Waals surface area (Å²) in [7, 11) is 0. The molecular weight excluding hydrogens is 250 g/mol. The van der Waals surface area contributed by atoms with Gasteiger partial charge in [0.05, 0.1) is 5.52 Å². The molecule has 0 radical (unpaired) electrons. The first-order valence-electron chi connectivity index (χ1n) is 7.12. The molecule has 20 heavy (non-hydrogen) atoms. The van der Waals surface area contributed by atoms with Crippen LogP contribution in [0.25, 0.3) is 10.9 Å². The van der Waals surface area contributed by atoms with Gasteiger partial charge in [0.2, 0.25) is 0 Å². The molecule has 1 fully saturated rings. The lowest BCUT2D eigenvalue weighted by Crippen LogP contribution is -2.29. The Morgan fingerprint density at radius 3 is 2.90 bits per heavy atom. The minimum absolute atomic E-state index is 0.101. The summed E-state index contributed by atoms with van der Waals surface area (Å²) < 4.78 is 0. The van der Waals surface area contributed by atoms with Crippen LogP contribution in [0.1, 0.15) is 29.8 Å². The lowest BCUT2D eigenvalue weighted by atomic mass is 10.1. The Hall–Kier alpha value is -1.94. The highest BCUT2D eigenvalue weighted by Gasteiger charge is 2.22. The van der Waals surface area contributed by atoms with Crippen LogP contribution in [0.2, 0.25) is 0 Å². The molecule has 1 aromatic carbocycles. The summed E-state index contributed by atoms with van der Waals surface area (Å²) in [5.74, 6) is 0.408. The van der Waals surface area contributed by atoms with Crippen molar-refractivity contribution in [2.45, 2.75) is 25.3 Å². The second kappa shape index (κ2) is 5.59. The van der Waals surface area contributed by atoms with E-state index in [1.807, 2.05) is 30.3 Å². The fourth-order valence-electron chi connectivity index (χ4n) is 2.82. The predicted octanol–water partition coefficient (Wildman–Crippen LogP) is 2.09. The van der Waals surface area contributed by atoms with Gasteiger partial charge in [-0.2, -0.15) is 0 Å². The van der Waals surface area contributed by atoms with Gasteiger partial charge in [0, 0.05) is 18.0 Å². The fourth-order valence-corrected chi connectivity index (χ4v) is 2.82. The number of aromatic nitrogens is 1. The van der Waals surface area contributed by atoms with E-state index in [9.17, 15) is 4.79 Å². The Morgan fingerprint density at radius 1 is 1.25 bits per heavy atom. The summed E-state index contributed by atoms with van der Waals surface area (Å²) in [5.41, 5.74) is 7.21. The average molecular weight is 269 g/mol. The SMILES string of the molecule is NC1CCC(CNC(=O)c2ccc3ccccc3n2)C1. The van der Waals surface area contributed by atoms with Crippen LogP contribution in [0.3, 0.4) is 0 Å². The zero-order chi connectivity index (χ0) is 13.9. The number of hydrogen-bond acceptors (Lipinski definition) is 3. The first kappa shape index (κ1) is 13.1. The summed E-state index contributed by atoms with van der Waals surface area (Å²) in [6.07, 6.45) is 3.17. The third kappa shape index (κ3) is 2.80. The van der Waals surface area contributed by atoms with E-state index >= 15 is 0 Å². The number of fused-ring (bicyclic) bond motifs is 1. The molecule has 0 spiro atoms. The molecule has 1 heterocycles. The zero-order valence-electron chi connectivity index (χ0n) is 11.4. The number of rotatable bonds is 3. The van der Waals surface area contributed by atoms with Crippen LogP contribution in [0.15, 0.2) is 36.4 Å². The second-order valence-corrected chi connectivity index (χ2v) is 5.54. The molecule has 1 saturated carbocycles. The summed E-state index contributed by atoms with van der Waals surface area (Å²) in [6, 6.07) is 11.8. The molecule has 0 aliphatic heterocycles. The number of para-hydroxylation sites is 1. The van der Waals surface area contributed by atoms with Crippen LogP contribution in [0.5, 0.6) is 0 Å². The Labute approximate surface area is 118 Å². The minimum atomic E-state index is -0.101. The highest BCUT2D eigenvalue weighted by Crippen LogP contribution is 2.23. The molecule has 4 nitrogen and oxygen atoms in total. The van der Waals surface area contributed by atoms with Gasteiger partial charge in [0.1, 0.15) is 5.69 Å². The maximum atomic E-state index is 12.1. The van der Waals surface area contributed by atoms with Gasteiger partial charge in [0.25, 0.3) is 5.91 Å². The average Bonchev–Trinajstić information content (AvgIpc) is 2.90. The molecule has 1 aromatic heterocycles. The number of nitrogens with zero attached hydrogens (tertiary/aromatic N) is 1.